The molecule has 0 saturated carbocycles. The molecule has 6 heteroatoms. The molecule has 0 spiro atoms. The van der Waals surface area contributed by atoms with E-state index in [0.717, 1.165) is 30.2 Å². The second-order valence-corrected chi connectivity index (χ2v) is 4.33. The first kappa shape index (κ1) is 16.9. The minimum Gasteiger partial charge on any atom is -0.493 e. The molecule has 0 radical (unpaired) electrons. The van der Waals surface area contributed by atoms with E-state index in [9.17, 15) is 0 Å². The van der Waals surface area contributed by atoms with Crippen molar-refractivity contribution in [1.29, 1.82) is 0 Å². The lowest BCUT2D eigenvalue weighted by Crippen LogP contribution is -2.07. The van der Waals surface area contributed by atoms with Gasteiger partial charge in [-0.25, -0.2) is 0 Å². The number of nitrogens with two attached hydrogens (primary N) is 1. The van der Waals surface area contributed by atoms with Gasteiger partial charge < -0.3 is 20.5 Å². The summed E-state index contributed by atoms with van der Waals surface area (Å²) in [5.41, 5.74) is 8.55. The first-order valence-corrected chi connectivity index (χ1v) is 6.39. The van der Waals surface area contributed by atoms with Gasteiger partial charge >= 0.3 is 0 Å². The van der Waals surface area contributed by atoms with Crippen LogP contribution in [0.5, 0.6) is 11.5 Å². The first-order chi connectivity index (χ1) is 9.74. The predicted octanol–water partition coefficient (Wildman–Crippen LogP) is 2.76. The van der Waals surface area contributed by atoms with Crippen molar-refractivity contribution < 1.29 is 9.47 Å². The summed E-state index contributed by atoms with van der Waals surface area (Å²) in [6.45, 7) is 0.781. The van der Waals surface area contributed by atoms with Gasteiger partial charge in [0, 0.05) is 12.7 Å². The Labute approximate surface area is 130 Å². The van der Waals surface area contributed by atoms with Crippen molar-refractivity contribution >= 4 is 23.8 Å². The summed E-state index contributed by atoms with van der Waals surface area (Å²) < 4.78 is 10.5. The number of ether oxygens (including phenoxy) is 2. The van der Waals surface area contributed by atoms with Crippen LogP contribution < -0.4 is 20.5 Å². The van der Waals surface area contributed by atoms with E-state index in [2.05, 4.69) is 10.3 Å². The number of nitrogens with zero attached hydrogens (tertiary/aromatic N) is 1. The van der Waals surface area contributed by atoms with Crippen molar-refractivity contribution in [1.82, 2.24) is 4.98 Å². The van der Waals surface area contributed by atoms with Crippen LogP contribution in [0, 0.1) is 0 Å². The molecule has 2 aromatic rings. The van der Waals surface area contributed by atoms with Gasteiger partial charge in [0.2, 0.25) is 0 Å². The van der Waals surface area contributed by atoms with Crippen LogP contribution in [0.4, 0.5) is 11.4 Å². The highest BCUT2D eigenvalue weighted by Crippen LogP contribution is 2.27. The number of nitrogen functional groups attached to an aromatic ring is 1. The van der Waals surface area contributed by atoms with Gasteiger partial charge in [-0.1, -0.05) is 6.07 Å². The van der Waals surface area contributed by atoms with Gasteiger partial charge in [0.05, 0.1) is 31.8 Å². The minimum atomic E-state index is 0. The lowest BCUT2D eigenvalue weighted by atomic mass is 10.1. The molecule has 0 aliphatic carbocycles. The third kappa shape index (κ3) is 4.43. The standard InChI is InChI=1S/C15H19N3O2.ClH/c1-19-14-4-3-11(9-15(14)20-2)5-8-18-13-6-7-17-10-12(13)16;/h3-4,6-7,9-10H,5,8,16H2,1-2H3,(H,17,18);1H. The number of pyridine rings is 1. The topological polar surface area (TPSA) is 69.4 Å². The molecule has 114 valence electrons. The Bertz CT molecular complexity index is 579. The van der Waals surface area contributed by atoms with Crippen molar-refractivity contribution in [2.75, 3.05) is 31.8 Å². The molecular weight excluding hydrogens is 290 g/mol. The lowest BCUT2D eigenvalue weighted by Gasteiger charge is -2.11. The maximum absolute atomic E-state index is 5.82. The highest BCUT2D eigenvalue weighted by atomic mass is 35.5. The van der Waals surface area contributed by atoms with Crippen LogP contribution in [0.1, 0.15) is 5.56 Å². The Morgan fingerprint density at radius 2 is 1.90 bits per heavy atom. The SMILES string of the molecule is COc1ccc(CCNc2ccncc2N)cc1OC.Cl. The second kappa shape index (κ2) is 8.21. The number of nitrogens with one attached hydrogen (secondary N) is 1. The molecule has 0 bridgehead atoms. The molecular formula is C15H20ClN3O2. The average Bonchev–Trinajstić information content (AvgIpc) is 2.49. The Morgan fingerprint density at radius 3 is 2.57 bits per heavy atom. The Balaban J connectivity index is 0.00000220. The van der Waals surface area contributed by atoms with E-state index in [-0.39, 0.29) is 12.4 Å². The summed E-state index contributed by atoms with van der Waals surface area (Å²) >= 11 is 0. The molecule has 0 aliphatic heterocycles. The monoisotopic (exact) mass is 309 g/mol. The van der Waals surface area contributed by atoms with Gasteiger partial charge in [0.1, 0.15) is 0 Å². The zero-order valence-electron chi connectivity index (χ0n) is 12.1. The quantitative estimate of drug-likeness (QED) is 0.858. The Hall–Kier alpha value is -2.14. The zero-order chi connectivity index (χ0) is 14.4. The van der Waals surface area contributed by atoms with E-state index < -0.39 is 0 Å². The van der Waals surface area contributed by atoms with Crippen molar-refractivity contribution in [3.8, 4) is 11.5 Å². The first-order valence-electron chi connectivity index (χ1n) is 6.39. The van der Waals surface area contributed by atoms with Gasteiger partial charge in [-0.2, -0.15) is 0 Å². The van der Waals surface area contributed by atoms with Crippen LogP contribution >= 0.6 is 12.4 Å². The summed E-state index contributed by atoms with van der Waals surface area (Å²) in [5, 5.41) is 3.29. The fourth-order valence-corrected chi connectivity index (χ4v) is 1.95. The molecule has 1 aromatic heterocycles. The van der Waals surface area contributed by atoms with Crippen LogP contribution in [-0.4, -0.2) is 25.7 Å². The third-order valence-electron chi connectivity index (χ3n) is 3.03. The number of methoxy groups -OCH3 is 2. The lowest BCUT2D eigenvalue weighted by molar-refractivity contribution is 0.354. The maximum Gasteiger partial charge on any atom is 0.160 e. The zero-order valence-corrected chi connectivity index (χ0v) is 12.9. The molecule has 3 N–H and O–H groups in total. The number of benzene rings is 1. The van der Waals surface area contributed by atoms with E-state index in [4.69, 9.17) is 15.2 Å². The number of rotatable bonds is 6. The molecule has 0 fully saturated rings. The molecule has 2 rings (SSSR count). The van der Waals surface area contributed by atoms with Crippen LogP contribution in [0.3, 0.4) is 0 Å². The van der Waals surface area contributed by atoms with Gasteiger partial charge in [-0.05, 0) is 30.2 Å². The Kier molecular flexibility index (Phi) is 6.62. The fourth-order valence-electron chi connectivity index (χ4n) is 1.95. The molecule has 1 aromatic carbocycles. The van der Waals surface area contributed by atoms with Crippen molar-refractivity contribution in [2.45, 2.75) is 6.42 Å². The molecule has 0 unspecified atom stereocenters. The van der Waals surface area contributed by atoms with Gasteiger partial charge in [0.25, 0.3) is 0 Å². The van der Waals surface area contributed by atoms with Crippen LogP contribution in [0.25, 0.3) is 0 Å². The van der Waals surface area contributed by atoms with E-state index in [1.165, 1.54) is 5.56 Å². The van der Waals surface area contributed by atoms with Crippen LogP contribution in [-0.2, 0) is 6.42 Å². The largest absolute Gasteiger partial charge is 0.493 e. The fraction of sp³-hybridized carbons (Fsp3) is 0.267. The van der Waals surface area contributed by atoms with E-state index in [0.29, 0.717) is 5.69 Å². The maximum atomic E-state index is 5.82. The van der Waals surface area contributed by atoms with Gasteiger partial charge in [-0.15, -0.1) is 12.4 Å². The van der Waals surface area contributed by atoms with Gasteiger partial charge in [-0.3, -0.25) is 4.98 Å². The van der Waals surface area contributed by atoms with E-state index >= 15 is 0 Å². The molecule has 21 heavy (non-hydrogen) atoms. The van der Waals surface area contributed by atoms with E-state index in [1.54, 1.807) is 26.6 Å². The molecule has 0 saturated heterocycles. The Morgan fingerprint density at radius 1 is 1.14 bits per heavy atom. The van der Waals surface area contributed by atoms with Crippen molar-refractivity contribution in [3.63, 3.8) is 0 Å². The van der Waals surface area contributed by atoms with Crippen LogP contribution in [0.15, 0.2) is 36.7 Å². The molecule has 0 aliphatic rings. The normalized spacial score (nSPS) is 9.62. The molecule has 0 amide bonds. The minimum absolute atomic E-state index is 0. The predicted molar refractivity (Wildman–Crippen MR) is 87.6 cm³/mol. The number of halogens is 1. The molecule has 5 nitrogen and oxygen atoms in total. The van der Waals surface area contributed by atoms with Gasteiger partial charge in [0.15, 0.2) is 11.5 Å². The highest BCUT2D eigenvalue weighted by molar-refractivity contribution is 5.85. The van der Waals surface area contributed by atoms with Crippen LogP contribution in [0.2, 0.25) is 0 Å². The summed E-state index contributed by atoms with van der Waals surface area (Å²) in [6, 6.07) is 7.79. The second-order valence-electron chi connectivity index (χ2n) is 4.33. The van der Waals surface area contributed by atoms with Crippen molar-refractivity contribution in [3.05, 3.63) is 42.2 Å². The summed E-state index contributed by atoms with van der Waals surface area (Å²) in [7, 11) is 3.27. The number of anilines is 2. The molecule has 0 atom stereocenters. The number of aromatic nitrogens is 1. The highest BCUT2D eigenvalue weighted by Gasteiger charge is 2.04. The summed E-state index contributed by atoms with van der Waals surface area (Å²) in [5.74, 6) is 1.48. The summed E-state index contributed by atoms with van der Waals surface area (Å²) in [6.07, 6.45) is 4.22. The third-order valence-corrected chi connectivity index (χ3v) is 3.03. The molecule has 1 heterocycles. The number of hydrogen-bond acceptors (Lipinski definition) is 5. The van der Waals surface area contributed by atoms with Crippen molar-refractivity contribution in [2.24, 2.45) is 0 Å². The smallest absolute Gasteiger partial charge is 0.160 e. The average molecular weight is 310 g/mol. The summed E-state index contributed by atoms with van der Waals surface area (Å²) in [4.78, 5) is 3.96. The number of hydrogen-bond donors (Lipinski definition) is 2. The van der Waals surface area contributed by atoms with E-state index in [1.807, 2.05) is 24.3 Å².